The molecule has 3 aromatic rings. The average molecular weight is 412 g/mol. The molecule has 0 spiro atoms. The van der Waals surface area contributed by atoms with Crippen LogP contribution in [0.25, 0.3) is 11.0 Å². The maximum absolute atomic E-state index is 12.7. The van der Waals surface area contributed by atoms with E-state index in [1.807, 2.05) is 24.3 Å². The number of rotatable bonds is 4. The zero-order valence-corrected chi connectivity index (χ0v) is 16.3. The number of hydrogen-bond acceptors (Lipinski definition) is 7. The third-order valence-corrected chi connectivity index (χ3v) is 6.27. The summed E-state index contributed by atoms with van der Waals surface area (Å²) in [4.78, 5) is 33.2. The normalized spacial score (nSPS) is 13.4. The van der Waals surface area contributed by atoms with Crippen LogP contribution in [0.5, 0.6) is 0 Å². The van der Waals surface area contributed by atoms with Crippen molar-refractivity contribution in [2.24, 2.45) is 4.99 Å². The number of carbonyl (C=O) groups is 2. The second-order valence-corrected chi connectivity index (χ2v) is 8.12. The van der Waals surface area contributed by atoms with Crippen molar-refractivity contribution in [3.63, 3.8) is 0 Å². The van der Waals surface area contributed by atoms with Crippen molar-refractivity contribution in [3.05, 3.63) is 65.7 Å². The van der Waals surface area contributed by atoms with Crippen LogP contribution in [0.1, 0.15) is 26.6 Å². The van der Waals surface area contributed by atoms with Gasteiger partial charge >= 0.3 is 5.91 Å². The van der Waals surface area contributed by atoms with Gasteiger partial charge in [-0.2, -0.15) is 0 Å². The number of aliphatic imine (C=N–C) groups is 1. The van der Waals surface area contributed by atoms with Crippen molar-refractivity contribution in [3.8, 4) is 0 Å². The lowest BCUT2D eigenvalue weighted by Gasteiger charge is -2.07. The van der Waals surface area contributed by atoms with Crippen LogP contribution in [-0.2, 0) is 5.75 Å². The molecule has 0 atom stereocenters. The minimum absolute atomic E-state index is 0.179. The molecule has 0 radical (unpaired) electrons. The topological polar surface area (TPSA) is 96.6 Å². The minimum Gasteiger partial charge on any atom is -0.451 e. The summed E-state index contributed by atoms with van der Waals surface area (Å²) >= 11 is 3.30. The van der Waals surface area contributed by atoms with Crippen LogP contribution < -0.4 is 10.9 Å². The average Bonchev–Trinajstić information content (AvgIpc) is 3.38. The molecule has 4 rings (SSSR count). The van der Waals surface area contributed by atoms with Crippen LogP contribution in [0.4, 0.5) is 0 Å². The fourth-order valence-electron chi connectivity index (χ4n) is 2.69. The number of amides is 2. The second-order valence-electron chi connectivity index (χ2n) is 5.81. The molecule has 1 aliphatic rings. The predicted octanol–water partition coefficient (Wildman–Crippen LogP) is 3.24. The molecule has 0 saturated carbocycles. The van der Waals surface area contributed by atoms with Gasteiger partial charge in [0.05, 0.1) is 6.54 Å². The molecule has 7 nitrogen and oxygen atoms in total. The molecule has 28 heavy (non-hydrogen) atoms. The smallest absolute Gasteiger partial charge is 0.305 e. The summed E-state index contributed by atoms with van der Waals surface area (Å²) < 4.78 is 6.79. The van der Waals surface area contributed by atoms with Gasteiger partial charge in [-0.3, -0.25) is 30.4 Å². The molecular weight excluding hydrogens is 396 g/mol. The number of thioether (sulfide) groups is 2. The summed E-state index contributed by atoms with van der Waals surface area (Å²) in [7, 11) is 0. The predicted molar refractivity (Wildman–Crippen MR) is 111 cm³/mol. The second kappa shape index (κ2) is 8.49. The Balaban J connectivity index is 1.52. The fourth-order valence-corrected chi connectivity index (χ4v) is 4.73. The summed E-state index contributed by atoms with van der Waals surface area (Å²) in [6, 6.07) is 12.5. The lowest BCUT2D eigenvalue weighted by atomic mass is 10.1. The molecule has 2 aromatic heterocycles. The van der Waals surface area contributed by atoms with Crippen LogP contribution in [0, 0.1) is 0 Å². The molecule has 0 unspecified atom stereocenters. The number of para-hydroxylation sites is 1. The van der Waals surface area contributed by atoms with Gasteiger partial charge in [0.15, 0.2) is 5.76 Å². The van der Waals surface area contributed by atoms with Gasteiger partial charge in [-0.05, 0) is 18.2 Å². The van der Waals surface area contributed by atoms with E-state index in [2.05, 4.69) is 20.8 Å². The van der Waals surface area contributed by atoms with Gasteiger partial charge in [-0.15, -0.1) is 0 Å². The highest BCUT2D eigenvalue weighted by Crippen LogP contribution is 2.32. The van der Waals surface area contributed by atoms with Crippen molar-refractivity contribution in [1.82, 2.24) is 15.8 Å². The van der Waals surface area contributed by atoms with E-state index < -0.39 is 11.8 Å². The van der Waals surface area contributed by atoms with E-state index in [1.165, 1.54) is 6.20 Å². The number of nitrogens with one attached hydrogen (secondary N) is 2. The molecule has 1 aromatic carbocycles. The summed E-state index contributed by atoms with van der Waals surface area (Å²) in [6.45, 7) is 0.825. The van der Waals surface area contributed by atoms with E-state index in [-0.39, 0.29) is 11.5 Å². The lowest BCUT2D eigenvalue weighted by Crippen LogP contribution is -2.42. The Hall–Kier alpha value is -2.78. The Bertz CT molecular complexity index is 1050. The maximum atomic E-state index is 12.7. The van der Waals surface area contributed by atoms with Gasteiger partial charge in [0.1, 0.15) is 15.7 Å². The zero-order chi connectivity index (χ0) is 19.3. The van der Waals surface area contributed by atoms with E-state index in [4.69, 9.17) is 4.42 Å². The van der Waals surface area contributed by atoms with Crippen LogP contribution in [0.2, 0.25) is 0 Å². The number of pyridine rings is 1. The molecule has 9 heteroatoms. The molecule has 3 heterocycles. The first-order chi connectivity index (χ1) is 13.7. The van der Waals surface area contributed by atoms with Gasteiger partial charge in [-0.25, -0.2) is 0 Å². The number of fused-ring (bicyclic) bond motifs is 1. The maximum Gasteiger partial charge on any atom is 0.305 e. The number of benzene rings is 1. The summed E-state index contributed by atoms with van der Waals surface area (Å²) in [5, 5.41) is 0.875. The molecule has 1 aliphatic heterocycles. The number of hydrogen-bond donors (Lipinski definition) is 2. The monoisotopic (exact) mass is 412 g/mol. The number of carbonyl (C=O) groups excluding carboxylic acids is 2. The van der Waals surface area contributed by atoms with E-state index in [0.717, 1.165) is 27.6 Å². The Labute approximate surface area is 169 Å². The van der Waals surface area contributed by atoms with Crippen LogP contribution in [-0.4, -0.2) is 33.5 Å². The first kappa shape index (κ1) is 18.6. The van der Waals surface area contributed by atoms with Gasteiger partial charge in [0.2, 0.25) is 0 Å². The summed E-state index contributed by atoms with van der Waals surface area (Å²) in [5.41, 5.74) is 6.39. The standard InChI is InChI=1S/C19H16N4O3S2/c24-17(14-6-3-4-8-20-14)22-23-18(25)16-13(11-28-19-21-9-10-27-19)12-5-1-2-7-15(12)26-16/h1-8H,9-11H2,(H,22,24)(H,23,25). The van der Waals surface area contributed by atoms with Crippen molar-refractivity contribution >= 4 is 50.7 Å². The number of aromatic nitrogens is 1. The Morgan fingerprint density at radius 2 is 1.93 bits per heavy atom. The van der Waals surface area contributed by atoms with Gasteiger partial charge in [-0.1, -0.05) is 47.8 Å². The first-order valence-electron chi connectivity index (χ1n) is 8.54. The SMILES string of the molecule is O=C(NNC(=O)c1oc2ccccc2c1CSC1=NCCS1)c1ccccn1. The summed E-state index contributed by atoms with van der Waals surface area (Å²) in [5.74, 6) is 0.703. The molecule has 142 valence electrons. The van der Waals surface area contributed by atoms with Crippen LogP contribution in [0.15, 0.2) is 58.1 Å². The van der Waals surface area contributed by atoms with Gasteiger partial charge in [0.25, 0.3) is 5.91 Å². The number of nitrogens with zero attached hydrogens (tertiary/aromatic N) is 2. The van der Waals surface area contributed by atoms with Gasteiger partial charge < -0.3 is 4.42 Å². The fraction of sp³-hybridized carbons (Fsp3) is 0.158. The number of hydrazine groups is 1. The van der Waals surface area contributed by atoms with Crippen molar-refractivity contribution in [2.75, 3.05) is 12.3 Å². The lowest BCUT2D eigenvalue weighted by molar-refractivity contribution is 0.0829. The highest BCUT2D eigenvalue weighted by atomic mass is 32.2. The molecule has 2 N–H and O–H groups in total. The van der Waals surface area contributed by atoms with Crippen LogP contribution in [0.3, 0.4) is 0 Å². The Morgan fingerprint density at radius 1 is 1.11 bits per heavy atom. The van der Waals surface area contributed by atoms with E-state index in [9.17, 15) is 9.59 Å². The first-order valence-corrected chi connectivity index (χ1v) is 10.5. The Morgan fingerprint density at radius 3 is 2.71 bits per heavy atom. The Kier molecular flexibility index (Phi) is 5.63. The minimum atomic E-state index is -0.517. The molecule has 0 bridgehead atoms. The van der Waals surface area contributed by atoms with E-state index in [0.29, 0.717) is 11.3 Å². The van der Waals surface area contributed by atoms with Gasteiger partial charge in [0, 0.05) is 28.7 Å². The molecule has 0 fully saturated rings. The van der Waals surface area contributed by atoms with Crippen molar-refractivity contribution in [2.45, 2.75) is 5.75 Å². The van der Waals surface area contributed by atoms with E-state index in [1.54, 1.807) is 41.7 Å². The quantitative estimate of drug-likeness (QED) is 0.639. The van der Waals surface area contributed by atoms with E-state index >= 15 is 0 Å². The third kappa shape index (κ3) is 4.05. The molecule has 2 amide bonds. The zero-order valence-electron chi connectivity index (χ0n) is 14.7. The van der Waals surface area contributed by atoms with Crippen molar-refractivity contribution in [1.29, 1.82) is 0 Å². The molecular formula is C19H16N4O3S2. The highest BCUT2D eigenvalue weighted by molar-refractivity contribution is 8.38. The summed E-state index contributed by atoms with van der Waals surface area (Å²) in [6.07, 6.45) is 1.51. The molecule has 0 aliphatic carbocycles. The number of furan rings is 1. The highest BCUT2D eigenvalue weighted by Gasteiger charge is 2.22. The van der Waals surface area contributed by atoms with Crippen molar-refractivity contribution < 1.29 is 14.0 Å². The molecule has 0 saturated heterocycles. The third-order valence-electron chi connectivity index (χ3n) is 3.99. The largest absolute Gasteiger partial charge is 0.451 e. The van der Waals surface area contributed by atoms with Crippen LogP contribution >= 0.6 is 23.5 Å².